The number of carbonyl (C=O) groups is 1. The monoisotopic (exact) mass is 625 g/mol. The number of anilines is 1. The van der Waals surface area contributed by atoms with Crippen LogP contribution in [0.1, 0.15) is 24.2 Å². The zero-order valence-corrected chi connectivity index (χ0v) is 25.3. The normalized spacial score (nSPS) is 18.8. The van der Waals surface area contributed by atoms with E-state index in [9.17, 15) is 26.7 Å². The van der Waals surface area contributed by atoms with Crippen LogP contribution in [0.3, 0.4) is 0 Å². The molecule has 4 rings (SSSR count). The second-order valence-electron chi connectivity index (χ2n) is 10.0. The van der Waals surface area contributed by atoms with Crippen molar-refractivity contribution in [2.75, 3.05) is 31.5 Å². The van der Waals surface area contributed by atoms with Crippen LogP contribution in [0.25, 0.3) is 0 Å². The number of amides is 1. The van der Waals surface area contributed by atoms with Gasteiger partial charge in [-0.3, -0.25) is 9.52 Å². The topological polar surface area (TPSA) is 151 Å². The Bertz CT molecular complexity index is 1630. The molecule has 41 heavy (non-hydrogen) atoms. The van der Waals surface area contributed by atoms with Crippen molar-refractivity contribution in [1.82, 2.24) is 18.8 Å². The Morgan fingerprint density at radius 2 is 1.88 bits per heavy atom. The lowest BCUT2D eigenvalue weighted by molar-refractivity contribution is 0.0389. The number of sulfonamides is 2. The number of benzene rings is 2. The number of likely N-dealkylation sites (N-methyl/N-ethyl adjacent to an activating group) is 1. The molecule has 0 saturated heterocycles. The Kier molecular flexibility index (Phi) is 8.99. The van der Waals surface area contributed by atoms with Gasteiger partial charge in [0, 0.05) is 37.8 Å². The largest absolute Gasteiger partial charge is 0.486 e. The lowest BCUT2D eigenvalue weighted by Gasteiger charge is -2.38. The van der Waals surface area contributed by atoms with Gasteiger partial charge in [0.15, 0.2) is 10.8 Å². The van der Waals surface area contributed by atoms with E-state index in [2.05, 4.69) is 9.71 Å². The van der Waals surface area contributed by atoms with Crippen molar-refractivity contribution in [2.24, 2.45) is 13.0 Å². The van der Waals surface area contributed by atoms with Gasteiger partial charge in [0.25, 0.3) is 15.9 Å². The number of aryl methyl sites for hydroxylation is 1. The highest BCUT2D eigenvalue weighted by Crippen LogP contribution is 2.36. The average molecular weight is 626 g/mol. The number of fused-ring (bicyclic) bond motifs is 1. The summed E-state index contributed by atoms with van der Waals surface area (Å²) in [6.07, 6.45) is 1.85. The Labute approximate surface area is 244 Å². The van der Waals surface area contributed by atoms with E-state index in [4.69, 9.17) is 16.3 Å². The highest BCUT2D eigenvalue weighted by molar-refractivity contribution is 7.92. The van der Waals surface area contributed by atoms with E-state index in [1.165, 1.54) is 71.5 Å². The number of para-hydroxylation sites is 1. The quantitative estimate of drug-likeness (QED) is 0.368. The van der Waals surface area contributed by atoms with Crippen molar-refractivity contribution < 1.29 is 31.5 Å². The van der Waals surface area contributed by atoms with Crippen LogP contribution in [-0.2, 0) is 27.1 Å². The van der Waals surface area contributed by atoms with Gasteiger partial charge in [0.2, 0.25) is 10.0 Å². The number of hydrogen-bond donors (Lipinski definition) is 2. The molecule has 12 nitrogen and oxygen atoms in total. The van der Waals surface area contributed by atoms with Crippen LogP contribution in [-0.4, -0.2) is 85.5 Å². The summed E-state index contributed by atoms with van der Waals surface area (Å²) in [4.78, 5) is 19.1. The third-order valence-electron chi connectivity index (χ3n) is 6.85. The van der Waals surface area contributed by atoms with Crippen LogP contribution < -0.4 is 9.46 Å². The molecule has 0 unspecified atom stereocenters. The molecule has 0 fully saturated rings. The third kappa shape index (κ3) is 6.51. The number of nitrogens with zero attached hydrogens (tertiary/aromatic N) is 4. The van der Waals surface area contributed by atoms with Crippen molar-refractivity contribution in [3.8, 4) is 5.75 Å². The Balaban J connectivity index is 1.76. The van der Waals surface area contributed by atoms with Gasteiger partial charge in [-0.05, 0) is 43.3 Å². The van der Waals surface area contributed by atoms with Crippen LogP contribution in [0.15, 0.2) is 64.9 Å². The molecule has 1 aromatic heterocycles. The molecule has 3 aromatic rings. The minimum absolute atomic E-state index is 0.0135. The summed E-state index contributed by atoms with van der Waals surface area (Å²) in [6.45, 7) is 3.21. The van der Waals surface area contributed by atoms with E-state index in [-0.39, 0.29) is 46.6 Å². The molecule has 2 N–H and O–H groups in total. The van der Waals surface area contributed by atoms with Crippen LogP contribution in [0.4, 0.5) is 5.69 Å². The molecule has 0 saturated carbocycles. The zero-order chi connectivity index (χ0) is 30.1. The van der Waals surface area contributed by atoms with Crippen LogP contribution in [0.5, 0.6) is 5.75 Å². The lowest BCUT2D eigenvalue weighted by atomic mass is 9.99. The summed E-state index contributed by atoms with van der Waals surface area (Å²) in [6, 6.07) is 9.65. The number of aromatic nitrogens is 2. The Hall–Kier alpha value is -3.17. The number of rotatable bonds is 9. The van der Waals surface area contributed by atoms with Crippen molar-refractivity contribution in [3.05, 3.63) is 65.6 Å². The van der Waals surface area contributed by atoms with Gasteiger partial charge in [-0.2, -0.15) is 12.7 Å². The SMILES string of the molecule is C[C@@H]1CN([C@@H](C)CO)C(=O)c2cccc(NS(=O)(=O)c3cn(C)cn3)c2O[C@H]1CN(C)S(=O)(=O)c1ccc(Cl)cc1. The molecule has 0 radical (unpaired) electrons. The maximum atomic E-state index is 13.7. The number of aliphatic hydroxyl groups excluding tert-OH is 1. The predicted molar refractivity (Wildman–Crippen MR) is 153 cm³/mol. The van der Waals surface area contributed by atoms with Crippen LogP contribution >= 0.6 is 11.6 Å². The Morgan fingerprint density at radius 3 is 2.49 bits per heavy atom. The molecule has 1 aliphatic rings. The summed E-state index contributed by atoms with van der Waals surface area (Å²) >= 11 is 5.93. The van der Waals surface area contributed by atoms with E-state index in [1.807, 2.05) is 0 Å². The van der Waals surface area contributed by atoms with Crippen LogP contribution in [0, 0.1) is 5.92 Å². The predicted octanol–water partition coefficient (Wildman–Crippen LogP) is 2.42. The number of aliphatic hydroxyl groups is 1. The van der Waals surface area contributed by atoms with Crippen molar-refractivity contribution in [2.45, 2.75) is 35.9 Å². The first-order valence-corrected chi connectivity index (χ1v) is 16.0. The molecule has 222 valence electrons. The maximum absolute atomic E-state index is 13.7. The van der Waals surface area contributed by atoms with Gasteiger partial charge >= 0.3 is 0 Å². The van der Waals surface area contributed by atoms with E-state index < -0.39 is 44.0 Å². The molecular weight excluding hydrogens is 594 g/mol. The summed E-state index contributed by atoms with van der Waals surface area (Å²) in [7, 11) is -5.06. The maximum Gasteiger partial charge on any atom is 0.281 e. The lowest BCUT2D eigenvalue weighted by Crippen LogP contribution is -2.50. The Morgan fingerprint density at radius 1 is 1.20 bits per heavy atom. The van der Waals surface area contributed by atoms with Gasteiger partial charge in [-0.25, -0.2) is 13.4 Å². The molecule has 1 amide bonds. The first kappa shape index (κ1) is 30.8. The van der Waals surface area contributed by atoms with E-state index in [1.54, 1.807) is 20.9 Å². The average Bonchev–Trinajstić information content (AvgIpc) is 3.38. The molecule has 0 aliphatic carbocycles. The van der Waals surface area contributed by atoms with E-state index >= 15 is 0 Å². The fraction of sp³-hybridized carbons (Fsp3) is 0.385. The molecule has 15 heteroatoms. The minimum Gasteiger partial charge on any atom is -0.486 e. The standard InChI is InChI=1S/C26H32ClN5O7S2/c1-17-12-32(18(2)15-33)26(34)21-6-5-7-22(29-40(35,36)24-14-30(3)16-28-24)25(21)39-23(17)13-31(4)41(37,38)20-10-8-19(27)9-11-20/h5-11,14,16-18,23,29,33H,12-13,15H2,1-4H3/t17-,18+,23+/m1/s1. The third-order valence-corrected chi connectivity index (χ3v) is 10.2. The molecule has 0 bridgehead atoms. The van der Waals surface area contributed by atoms with Crippen molar-refractivity contribution in [3.63, 3.8) is 0 Å². The van der Waals surface area contributed by atoms with E-state index in [0.717, 1.165) is 4.31 Å². The summed E-state index contributed by atoms with van der Waals surface area (Å²) < 4.78 is 64.3. The van der Waals surface area contributed by atoms with Crippen molar-refractivity contribution >= 4 is 43.2 Å². The van der Waals surface area contributed by atoms with Gasteiger partial charge in [0.05, 0.1) is 41.7 Å². The molecule has 3 atom stereocenters. The van der Waals surface area contributed by atoms with Gasteiger partial charge in [-0.1, -0.05) is 24.6 Å². The summed E-state index contributed by atoms with van der Waals surface area (Å²) in [5, 5.41) is 10.0. The molecule has 2 heterocycles. The fourth-order valence-electron chi connectivity index (χ4n) is 4.40. The fourth-order valence-corrected chi connectivity index (χ4v) is 6.76. The van der Waals surface area contributed by atoms with Gasteiger partial charge in [0.1, 0.15) is 6.10 Å². The second-order valence-corrected chi connectivity index (χ2v) is 14.1. The number of imidazole rings is 1. The number of halogens is 1. The minimum atomic E-state index is -4.16. The summed E-state index contributed by atoms with van der Waals surface area (Å²) in [5.41, 5.74) is 0.0482. The first-order chi connectivity index (χ1) is 19.2. The number of ether oxygens (including phenoxy) is 1. The first-order valence-electron chi connectivity index (χ1n) is 12.7. The van der Waals surface area contributed by atoms with Gasteiger partial charge < -0.3 is 19.3 Å². The number of hydrogen-bond acceptors (Lipinski definition) is 8. The number of nitrogens with one attached hydrogen (secondary N) is 1. The molecule has 1 aliphatic heterocycles. The highest BCUT2D eigenvalue weighted by atomic mass is 35.5. The zero-order valence-electron chi connectivity index (χ0n) is 22.9. The van der Waals surface area contributed by atoms with E-state index in [0.29, 0.717) is 5.02 Å². The summed E-state index contributed by atoms with van der Waals surface area (Å²) in [5.74, 6) is -0.946. The number of carbonyl (C=O) groups excluding carboxylic acids is 1. The molecular formula is C26H32ClN5O7S2. The van der Waals surface area contributed by atoms with Crippen molar-refractivity contribution in [1.29, 1.82) is 0 Å². The smallest absolute Gasteiger partial charge is 0.281 e. The molecule has 2 aromatic carbocycles. The second kappa shape index (κ2) is 12.0. The van der Waals surface area contributed by atoms with Gasteiger partial charge in [-0.15, -0.1) is 0 Å². The van der Waals surface area contributed by atoms with Crippen LogP contribution in [0.2, 0.25) is 5.02 Å². The highest BCUT2D eigenvalue weighted by Gasteiger charge is 2.36. The molecule has 0 spiro atoms.